The van der Waals surface area contributed by atoms with Crippen molar-refractivity contribution in [2.24, 2.45) is 0 Å². The molecule has 2 heteroatoms. The molecule has 2 aromatic rings. The van der Waals surface area contributed by atoms with Crippen LogP contribution in [0.25, 0.3) is 11.4 Å². The Labute approximate surface area is 122 Å². The average molecular weight is 268 g/mol. The van der Waals surface area contributed by atoms with E-state index in [4.69, 9.17) is 0 Å². The first kappa shape index (κ1) is 14.7. The maximum atomic E-state index is 4.50. The zero-order valence-corrected chi connectivity index (χ0v) is 13.4. The average Bonchev–Trinajstić information content (AvgIpc) is 2.37. The van der Waals surface area contributed by atoms with Crippen LogP contribution in [0.15, 0.2) is 36.7 Å². The minimum Gasteiger partial charge on any atom is -0.236 e. The molecular formula is C18H24N2. The fourth-order valence-electron chi connectivity index (χ4n) is 1.98. The summed E-state index contributed by atoms with van der Waals surface area (Å²) >= 11 is 0. The van der Waals surface area contributed by atoms with Crippen molar-refractivity contribution in [1.82, 2.24) is 9.97 Å². The van der Waals surface area contributed by atoms with E-state index in [0.29, 0.717) is 0 Å². The molecule has 106 valence electrons. The van der Waals surface area contributed by atoms with Crippen molar-refractivity contribution < 1.29 is 0 Å². The Morgan fingerprint density at radius 1 is 0.650 bits per heavy atom. The smallest absolute Gasteiger partial charge is 0.159 e. The van der Waals surface area contributed by atoms with Gasteiger partial charge in [0, 0.05) is 18.0 Å². The van der Waals surface area contributed by atoms with Gasteiger partial charge in [-0.2, -0.15) is 0 Å². The van der Waals surface area contributed by atoms with Gasteiger partial charge in [-0.25, -0.2) is 9.97 Å². The van der Waals surface area contributed by atoms with Crippen LogP contribution in [0.4, 0.5) is 0 Å². The van der Waals surface area contributed by atoms with E-state index in [1.54, 1.807) is 0 Å². The van der Waals surface area contributed by atoms with Crippen molar-refractivity contribution in [2.75, 3.05) is 0 Å². The number of hydrogen-bond donors (Lipinski definition) is 0. The van der Waals surface area contributed by atoms with Crippen molar-refractivity contribution >= 4 is 0 Å². The molecule has 1 heterocycles. The number of aromatic nitrogens is 2. The van der Waals surface area contributed by atoms with Crippen molar-refractivity contribution in [2.45, 2.75) is 52.4 Å². The molecule has 1 aromatic carbocycles. The lowest BCUT2D eigenvalue weighted by molar-refractivity contribution is 0.584. The second-order valence-corrected chi connectivity index (χ2v) is 7.37. The van der Waals surface area contributed by atoms with E-state index >= 15 is 0 Å². The second-order valence-electron chi connectivity index (χ2n) is 7.37. The van der Waals surface area contributed by atoms with E-state index < -0.39 is 0 Å². The Morgan fingerprint density at radius 3 is 1.50 bits per heavy atom. The molecule has 0 unspecified atom stereocenters. The van der Waals surface area contributed by atoms with Crippen LogP contribution < -0.4 is 0 Å². The molecular weight excluding hydrogens is 244 g/mol. The first-order chi connectivity index (χ1) is 9.18. The normalized spacial score (nSPS) is 12.5. The molecule has 0 N–H and O–H groups in total. The zero-order chi connectivity index (χ0) is 15.0. The lowest BCUT2D eigenvalue weighted by Crippen LogP contribution is -2.12. The molecule has 0 aliphatic heterocycles. The summed E-state index contributed by atoms with van der Waals surface area (Å²) in [5.41, 5.74) is 3.82. The highest BCUT2D eigenvalue weighted by Gasteiger charge is 2.16. The number of hydrogen-bond acceptors (Lipinski definition) is 2. The van der Waals surface area contributed by atoms with Gasteiger partial charge in [0.1, 0.15) is 0 Å². The van der Waals surface area contributed by atoms with Gasteiger partial charge in [0.05, 0.1) is 0 Å². The summed E-state index contributed by atoms with van der Waals surface area (Å²) in [4.78, 5) is 8.99. The summed E-state index contributed by atoms with van der Waals surface area (Å²) in [6, 6.07) is 8.53. The molecule has 0 saturated carbocycles. The molecule has 0 aliphatic rings. The summed E-state index contributed by atoms with van der Waals surface area (Å²) in [5.74, 6) is 0.790. The van der Waals surface area contributed by atoms with Crippen LogP contribution >= 0.6 is 0 Å². The Balaban J connectivity index is 2.29. The van der Waals surface area contributed by atoms with E-state index in [1.807, 2.05) is 12.4 Å². The van der Waals surface area contributed by atoms with E-state index in [9.17, 15) is 0 Å². The highest BCUT2D eigenvalue weighted by Crippen LogP contribution is 2.25. The lowest BCUT2D eigenvalue weighted by Gasteiger charge is -2.19. The van der Waals surface area contributed by atoms with Crippen molar-refractivity contribution in [1.29, 1.82) is 0 Å². The predicted molar refractivity (Wildman–Crippen MR) is 84.9 cm³/mol. The molecule has 2 rings (SSSR count). The largest absolute Gasteiger partial charge is 0.236 e. The van der Waals surface area contributed by atoms with E-state index in [1.165, 1.54) is 5.56 Å². The first-order valence-corrected chi connectivity index (χ1v) is 7.11. The molecule has 2 nitrogen and oxygen atoms in total. The maximum absolute atomic E-state index is 4.50. The molecule has 0 saturated heterocycles. The third-order valence-electron chi connectivity index (χ3n) is 3.53. The monoisotopic (exact) mass is 268 g/mol. The molecule has 0 amide bonds. The fraction of sp³-hybridized carbons (Fsp3) is 0.444. The van der Waals surface area contributed by atoms with E-state index in [2.05, 4.69) is 75.8 Å². The first-order valence-electron chi connectivity index (χ1n) is 7.11. The SMILES string of the molecule is CC(C)(C)c1ccc(-c2ncc(C(C)(C)C)cn2)cc1. The zero-order valence-electron chi connectivity index (χ0n) is 13.4. The fourth-order valence-corrected chi connectivity index (χ4v) is 1.98. The van der Waals surface area contributed by atoms with Crippen LogP contribution in [0.3, 0.4) is 0 Å². The Morgan fingerprint density at radius 2 is 1.10 bits per heavy atom. The molecule has 0 spiro atoms. The summed E-state index contributed by atoms with van der Waals surface area (Å²) in [7, 11) is 0. The van der Waals surface area contributed by atoms with Gasteiger partial charge in [-0.15, -0.1) is 0 Å². The summed E-state index contributed by atoms with van der Waals surface area (Å²) in [5, 5.41) is 0. The van der Waals surface area contributed by atoms with Crippen molar-refractivity contribution in [3.05, 3.63) is 47.8 Å². The van der Waals surface area contributed by atoms with E-state index in [-0.39, 0.29) is 10.8 Å². The maximum Gasteiger partial charge on any atom is 0.159 e. The van der Waals surface area contributed by atoms with Gasteiger partial charge in [-0.05, 0) is 22.0 Å². The van der Waals surface area contributed by atoms with Gasteiger partial charge < -0.3 is 0 Å². The van der Waals surface area contributed by atoms with Gasteiger partial charge in [-0.1, -0.05) is 65.8 Å². The topological polar surface area (TPSA) is 25.8 Å². The van der Waals surface area contributed by atoms with Crippen LogP contribution in [0.5, 0.6) is 0 Å². The van der Waals surface area contributed by atoms with Crippen LogP contribution in [0, 0.1) is 0 Å². The van der Waals surface area contributed by atoms with Gasteiger partial charge in [0.25, 0.3) is 0 Å². The molecule has 0 radical (unpaired) electrons. The predicted octanol–water partition coefficient (Wildman–Crippen LogP) is 4.74. The van der Waals surface area contributed by atoms with Crippen LogP contribution in [0.2, 0.25) is 0 Å². The Kier molecular flexibility index (Phi) is 3.68. The molecule has 0 atom stereocenters. The molecule has 20 heavy (non-hydrogen) atoms. The van der Waals surface area contributed by atoms with Crippen LogP contribution in [-0.2, 0) is 10.8 Å². The summed E-state index contributed by atoms with van der Waals surface area (Å²) < 4.78 is 0. The third-order valence-corrected chi connectivity index (χ3v) is 3.53. The standard InChI is InChI=1S/C18H24N2/c1-17(2,3)14-9-7-13(8-10-14)16-19-11-15(12-20-16)18(4,5)6/h7-12H,1-6H3. The summed E-state index contributed by atoms with van der Waals surface area (Å²) in [6.07, 6.45) is 3.86. The van der Waals surface area contributed by atoms with Crippen molar-refractivity contribution in [3.8, 4) is 11.4 Å². The summed E-state index contributed by atoms with van der Waals surface area (Å²) in [6.45, 7) is 13.2. The number of rotatable bonds is 1. The second kappa shape index (κ2) is 5.01. The molecule has 1 aromatic heterocycles. The Bertz CT molecular complexity index is 511. The minimum atomic E-state index is 0.0919. The third kappa shape index (κ3) is 3.24. The highest BCUT2D eigenvalue weighted by atomic mass is 14.9. The number of nitrogens with zero attached hydrogens (tertiary/aromatic N) is 2. The van der Waals surface area contributed by atoms with E-state index in [0.717, 1.165) is 17.0 Å². The number of benzene rings is 1. The van der Waals surface area contributed by atoms with Crippen LogP contribution in [-0.4, -0.2) is 9.97 Å². The van der Waals surface area contributed by atoms with Gasteiger partial charge in [-0.3, -0.25) is 0 Å². The molecule has 0 aliphatic carbocycles. The lowest BCUT2D eigenvalue weighted by atomic mass is 9.86. The highest BCUT2D eigenvalue weighted by molar-refractivity contribution is 5.55. The molecule has 0 fully saturated rings. The quantitative estimate of drug-likeness (QED) is 0.746. The van der Waals surface area contributed by atoms with Gasteiger partial charge >= 0.3 is 0 Å². The Hall–Kier alpha value is -1.70. The minimum absolute atomic E-state index is 0.0919. The molecule has 0 bridgehead atoms. The van der Waals surface area contributed by atoms with Crippen LogP contribution in [0.1, 0.15) is 52.7 Å². The van der Waals surface area contributed by atoms with Gasteiger partial charge in [0.2, 0.25) is 0 Å². The van der Waals surface area contributed by atoms with Crippen molar-refractivity contribution in [3.63, 3.8) is 0 Å². The van der Waals surface area contributed by atoms with Gasteiger partial charge in [0.15, 0.2) is 5.82 Å².